The van der Waals surface area contributed by atoms with Crippen molar-refractivity contribution in [3.63, 3.8) is 0 Å². The summed E-state index contributed by atoms with van der Waals surface area (Å²) in [5.74, 6) is 0.108. The summed E-state index contributed by atoms with van der Waals surface area (Å²) < 4.78 is 24.1. The van der Waals surface area contributed by atoms with E-state index >= 15 is 0 Å². The van der Waals surface area contributed by atoms with Crippen molar-refractivity contribution in [2.24, 2.45) is 0 Å². The molecule has 1 heterocycles. The van der Waals surface area contributed by atoms with Crippen LogP contribution < -0.4 is 10.1 Å². The number of halogens is 1. The Hall–Kier alpha value is -2.67. The molecule has 0 bridgehead atoms. The van der Waals surface area contributed by atoms with Gasteiger partial charge in [-0.15, -0.1) is 0 Å². The predicted molar refractivity (Wildman–Crippen MR) is 93.2 cm³/mol. The van der Waals surface area contributed by atoms with Gasteiger partial charge < -0.3 is 19.7 Å². The number of carbonyl (C=O) groups excluding carboxylic acids is 1. The van der Waals surface area contributed by atoms with Crippen molar-refractivity contribution in [2.45, 2.75) is 13.0 Å². The van der Waals surface area contributed by atoms with Crippen LogP contribution in [0.15, 0.2) is 42.6 Å². The average Bonchev–Trinajstić information content (AvgIpc) is 2.62. The van der Waals surface area contributed by atoms with Crippen LogP contribution in [0.3, 0.4) is 0 Å². The zero-order valence-corrected chi connectivity index (χ0v) is 14.5. The molecular formula is C18H22FN3O3. The Morgan fingerprint density at radius 2 is 2.04 bits per heavy atom. The fraction of sp³-hybridized carbons (Fsp3) is 0.333. The highest BCUT2D eigenvalue weighted by atomic mass is 19.1. The number of benzene rings is 1. The maximum absolute atomic E-state index is 13.9. The molecule has 1 atom stereocenters. The third-order valence-corrected chi connectivity index (χ3v) is 3.78. The van der Waals surface area contributed by atoms with Gasteiger partial charge in [0, 0.05) is 25.8 Å². The van der Waals surface area contributed by atoms with Crippen molar-refractivity contribution in [3.05, 3.63) is 54.0 Å². The minimum atomic E-state index is -0.411. The fourth-order valence-electron chi connectivity index (χ4n) is 2.18. The fourth-order valence-corrected chi connectivity index (χ4v) is 2.18. The van der Waals surface area contributed by atoms with Crippen LogP contribution in [0.1, 0.15) is 18.5 Å². The summed E-state index contributed by atoms with van der Waals surface area (Å²) >= 11 is 0. The molecule has 0 aliphatic heterocycles. The first-order chi connectivity index (χ1) is 12.0. The quantitative estimate of drug-likeness (QED) is 0.779. The number of carbonyl (C=O) groups is 1. The Balaban J connectivity index is 1.95. The molecular weight excluding hydrogens is 325 g/mol. The summed E-state index contributed by atoms with van der Waals surface area (Å²) in [7, 11) is 3.20. The van der Waals surface area contributed by atoms with Crippen molar-refractivity contribution >= 4 is 11.7 Å². The van der Waals surface area contributed by atoms with Crippen LogP contribution in [0, 0.1) is 5.82 Å². The number of ether oxygens (including phenoxy) is 2. The molecule has 2 aromatic rings. The van der Waals surface area contributed by atoms with E-state index in [0.717, 1.165) is 0 Å². The van der Waals surface area contributed by atoms with Crippen molar-refractivity contribution in [1.82, 2.24) is 9.88 Å². The Bertz CT molecular complexity index is 694. The summed E-state index contributed by atoms with van der Waals surface area (Å²) in [6, 6.07) is 8.98. The average molecular weight is 347 g/mol. The van der Waals surface area contributed by atoms with Gasteiger partial charge in [0.15, 0.2) is 0 Å². The van der Waals surface area contributed by atoms with Gasteiger partial charge in [0.05, 0.1) is 24.5 Å². The molecule has 134 valence electrons. The second kappa shape index (κ2) is 8.98. The first-order valence-electron chi connectivity index (χ1n) is 7.89. The number of nitrogens with zero attached hydrogens (tertiary/aromatic N) is 2. The highest BCUT2D eigenvalue weighted by molar-refractivity contribution is 5.89. The molecule has 1 aromatic carbocycles. The predicted octanol–water partition coefficient (Wildman–Crippen LogP) is 3.47. The number of aromatic nitrogens is 1. The topological polar surface area (TPSA) is 63.7 Å². The van der Waals surface area contributed by atoms with Gasteiger partial charge in [-0.2, -0.15) is 0 Å². The van der Waals surface area contributed by atoms with Gasteiger partial charge in [0.2, 0.25) is 5.88 Å². The lowest BCUT2D eigenvalue weighted by Gasteiger charge is -2.25. The van der Waals surface area contributed by atoms with Crippen LogP contribution in [0.4, 0.5) is 14.9 Å². The molecule has 0 saturated heterocycles. The molecule has 1 aromatic heterocycles. The Kier molecular flexibility index (Phi) is 6.71. The van der Waals surface area contributed by atoms with Gasteiger partial charge in [-0.1, -0.05) is 18.2 Å². The van der Waals surface area contributed by atoms with E-state index in [2.05, 4.69) is 10.3 Å². The van der Waals surface area contributed by atoms with Crippen LogP contribution in [0.5, 0.6) is 5.88 Å². The monoisotopic (exact) mass is 347 g/mol. The van der Waals surface area contributed by atoms with Crippen molar-refractivity contribution < 1.29 is 18.7 Å². The molecule has 2 rings (SSSR count). The zero-order chi connectivity index (χ0) is 18.2. The first-order valence-corrected chi connectivity index (χ1v) is 7.89. The summed E-state index contributed by atoms with van der Waals surface area (Å²) in [5.41, 5.74) is 0.983. The highest BCUT2D eigenvalue weighted by Gasteiger charge is 2.20. The van der Waals surface area contributed by atoms with Crippen LogP contribution in [-0.2, 0) is 4.74 Å². The lowest BCUT2D eigenvalue weighted by atomic mass is 10.1. The Morgan fingerprint density at radius 3 is 2.68 bits per heavy atom. The largest absolute Gasteiger partial charge is 0.475 e. The minimum Gasteiger partial charge on any atom is -0.475 e. The summed E-state index contributed by atoms with van der Waals surface area (Å²) in [6.45, 7) is 2.64. The third-order valence-electron chi connectivity index (χ3n) is 3.78. The minimum absolute atomic E-state index is 0.339. The molecule has 0 aliphatic carbocycles. The maximum Gasteiger partial charge on any atom is 0.322 e. The van der Waals surface area contributed by atoms with E-state index in [9.17, 15) is 9.18 Å². The number of amides is 2. The van der Waals surface area contributed by atoms with E-state index in [4.69, 9.17) is 9.47 Å². The van der Waals surface area contributed by atoms with Gasteiger partial charge in [0.1, 0.15) is 12.4 Å². The molecule has 0 spiro atoms. The molecule has 0 saturated carbocycles. The first kappa shape index (κ1) is 18.7. The maximum atomic E-state index is 13.9. The molecule has 0 fully saturated rings. The molecule has 1 unspecified atom stereocenters. The van der Waals surface area contributed by atoms with E-state index in [1.807, 2.05) is 0 Å². The van der Waals surface area contributed by atoms with Gasteiger partial charge in [-0.3, -0.25) is 0 Å². The Morgan fingerprint density at radius 1 is 1.28 bits per heavy atom. The second-order valence-electron chi connectivity index (χ2n) is 5.46. The molecule has 1 N–H and O–H groups in total. The SMILES string of the molecule is COCCOc1ccc(NC(=O)N(C)C(C)c2ccccc2F)cn1. The standard InChI is InChI=1S/C18H22FN3O3/c1-13(15-6-4-5-7-16(15)19)22(2)18(23)21-14-8-9-17(20-12-14)25-11-10-24-3/h4-9,12-13H,10-11H2,1-3H3,(H,21,23). The second-order valence-corrected chi connectivity index (χ2v) is 5.46. The van der Waals surface area contributed by atoms with E-state index in [0.29, 0.717) is 30.3 Å². The number of rotatable bonds is 7. The van der Waals surface area contributed by atoms with E-state index in [1.54, 1.807) is 51.4 Å². The normalized spacial score (nSPS) is 11.7. The smallest absolute Gasteiger partial charge is 0.322 e. The van der Waals surface area contributed by atoms with Crippen molar-refractivity contribution in [3.8, 4) is 5.88 Å². The number of hydrogen-bond donors (Lipinski definition) is 1. The number of methoxy groups -OCH3 is 1. The van der Waals surface area contributed by atoms with E-state index in [-0.39, 0.29) is 11.8 Å². The molecule has 2 amide bonds. The van der Waals surface area contributed by atoms with E-state index < -0.39 is 6.04 Å². The third kappa shape index (κ3) is 5.15. The molecule has 0 aliphatic rings. The van der Waals surface area contributed by atoms with Crippen LogP contribution in [-0.4, -0.2) is 43.3 Å². The number of urea groups is 1. The molecule has 7 heteroatoms. The molecule has 0 radical (unpaired) electrons. The number of anilines is 1. The van der Waals surface area contributed by atoms with Crippen LogP contribution in [0.2, 0.25) is 0 Å². The summed E-state index contributed by atoms with van der Waals surface area (Å²) in [4.78, 5) is 17.9. The van der Waals surface area contributed by atoms with Crippen molar-refractivity contribution in [2.75, 3.05) is 32.7 Å². The van der Waals surface area contributed by atoms with Gasteiger partial charge >= 0.3 is 6.03 Å². The van der Waals surface area contributed by atoms with Crippen LogP contribution >= 0.6 is 0 Å². The lowest BCUT2D eigenvalue weighted by Crippen LogP contribution is -2.34. The van der Waals surface area contributed by atoms with Crippen LogP contribution in [0.25, 0.3) is 0 Å². The Labute approximate surface area is 146 Å². The molecule has 25 heavy (non-hydrogen) atoms. The summed E-state index contributed by atoms with van der Waals surface area (Å²) in [5, 5.41) is 2.73. The van der Waals surface area contributed by atoms with Gasteiger partial charge in [-0.25, -0.2) is 14.2 Å². The lowest BCUT2D eigenvalue weighted by molar-refractivity contribution is 0.144. The number of pyridine rings is 1. The highest BCUT2D eigenvalue weighted by Crippen LogP contribution is 2.22. The van der Waals surface area contributed by atoms with Gasteiger partial charge in [-0.05, 0) is 19.1 Å². The van der Waals surface area contributed by atoms with Crippen molar-refractivity contribution in [1.29, 1.82) is 0 Å². The molecule has 6 nitrogen and oxygen atoms in total. The summed E-state index contributed by atoms with van der Waals surface area (Å²) in [6.07, 6.45) is 1.50. The van der Waals surface area contributed by atoms with E-state index in [1.165, 1.54) is 17.2 Å². The number of nitrogens with one attached hydrogen (secondary N) is 1. The van der Waals surface area contributed by atoms with Gasteiger partial charge in [0.25, 0.3) is 0 Å². The number of hydrogen-bond acceptors (Lipinski definition) is 4. The zero-order valence-electron chi connectivity index (χ0n) is 14.5.